The number of rotatable bonds is 9. The van der Waals surface area contributed by atoms with E-state index in [-0.39, 0.29) is 11.3 Å². The van der Waals surface area contributed by atoms with E-state index >= 15 is 0 Å². The molecule has 0 aromatic heterocycles. The summed E-state index contributed by atoms with van der Waals surface area (Å²) >= 11 is 0. The van der Waals surface area contributed by atoms with Crippen LogP contribution in [0.25, 0.3) is 5.76 Å². The second-order valence-electron chi connectivity index (χ2n) is 8.88. The molecule has 0 saturated carbocycles. The number of carbonyl (C=O) groups is 2. The van der Waals surface area contributed by atoms with Crippen LogP contribution in [0.2, 0.25) is 0 Å². The number of aliphatic hydroxyl groups excluding tert-OH is 1. The van der Waals surface area contributed by atoms with E-state index in [1.807, 2.05) is 39.0 Å². The van der Waals surface area contributed by atoms with Gasteiger partial charge in [-0.1, -0.05) is 35.9 Å². The highest BCUT2D eigenvalue weighted by Crippen LogP contribution is 2.42. The number of likely N-dealkylation sites (tertiary alicyclic amines) is 1. The molecule has 0 bridgehead atoms. The van der Waals surface area contributed by atoms with Gasteiger partial charge in [-0.25, -0.2) is 0 Å². The van der Waals surface area contributed by atoms with Crippen LogP contribution in [-0.4, -0.2) is 79.2 Å². The summed E-state index contributed by atoms with van der Waals surface area (Å²) in [7, 11) is 0. The van der Waals surface area contributed by atoms with Crippen LogP contribution in [-0.2, 0) is 14.3 Å². The van der Waals surface area contributed by atoms with Gasteiger partial charge in [0, 0.05) is 31.7 Å². The van der Waals surface area contributed by atoms with E-state index in [4.69, 9.17) is 14.2 Å². The second kappa shape index (κ2) is 11.6. The standard InChI is InChI=1S/C28H34N2O6/c1-4-35-22-11-10-21(18-23(22)36-5-2)25-24(26(31)20-8-6-19(3)7-9-20)27(32)28(33)30(25)13-12-29-14-16-34-17-15-29/h6-11,18,25,31H,4-5,12-17H2,1-3H3/b26-24+/t25-/m1/s1. The third kappa shape index (κ3) is 5.39. The second-order valence-corrected chi connectivity index (χ2v) is 8.88. The van der Waals surface area contributed by atoms with Crippen LogP contribution in [0.1, 0.15) is 36.6 Å². The summed E-state index contributed by atoms with van der Waals surface area (Å²) in [6.45, 7) is 10.4. The average Bonchev–Trinajstić information content (AvgIpc) is 3.14. The first kappa shape index (κ1) is 25.7. The predicted molar refractivity (Wildman–Crippen MR) is 136 cm³/mol. The number of carbonyl (C=O) groups excluding carboxylic acids is 2. The van der Waals surface area contributed by atoms with E-state index in [1.54, 1.807) is 29.2 Å². The minimum absolute atomic E-state index is 0.0810. The Bertz CT molecular complexity index is 1120. The van der Waals surface area contributed by atoms with Crippen molar-refractivity contribution in [1.82, 2.24) is 9.80 Å². The summed E-state index contributed by atoms with van der Waals surface area (Å²) in [5.74, 6) is -0.363. The Kier molecular flexibility index (Phi) is 8.28. The van der Waals surface area contributed by atoms with Crippen LogP contribution in [0.5, 0.6) is 11.5 Å². The van der Waals surface area contributed by atoms with Gasteiger partial charge in [0.25, 0.3) is 11.7 Å². The van der Waals surface area contributed by atoms with Crippen LogP contribution in [0.3, 0.4) is 0 Å². The van der Waals surface area contributed by atoms with Gasteiger partial charge in [0.1, 0.15) is 5.76 Å². The molecule has 1 amide bonds. The maximum absolute atomic E-state index is 13.3. The van der Waals surface area contributed by atoms with Crippen molar-refractivity contribution in [2.75, 3.05) is 52.6 Å². The highest BCUT2D eigenvalue weighted by Gasteiger charge is 2.46. The van der Waals surface area contributed by atoms with Crippen LogP contribution < -0.4 is 9.47 Å². The molecule has 8 heteroatoms. The quantitative estimate of drug-likeness (QED) is 0.324. The molecule has 2 aromatic rings. The minimum Gasteiger partial charge on any atom is -0.507 e. The molecule has 1 N–H and O–H groups in total. The molecule has 1 atom stereocenters. The highest BCUT2D eigenvalue weighted by atomic mass is 16.5. The summed E-state index contributed by atoms with van der Waals surface area (Å²) < 4.78 is 16.9. The largest absolute Gasteiger partial charge is 0.507 e. The van der Waals surface area contributed by atoms with Crippen molar-refractivity contribution in [2.45, 2.75) is 26.8 Å². The van der Waals surface area contributed by atoms with E-state index in [1.165, 1.54) is 0 Å². The van der Waals surface area contributed by atoms with Gasteiger partial charge >= 0.3 is 0 Å². The smallest absolute Gasteiger partial charge is 0.295 e. The Balaban J connectivity index is 1.77. The number of Topliss-reactive ketones (excluding diaryl/α,β-unsaturated/α-hetero) is 1. The number of amides is 1. The molecule has 2 aliphatic heterocycles. The van der Waals surface area contributed by atoms with Gasteiger partial charge in [-0.3, -0.25) is 14.5 Å². The number of morpholine rings is 1. The molecular formula is C28H34N2O6. The Hall–Kier alpha value is -3.36. The fraction of sp³-hybridized carbons (Fsp3) is 0.429. The number of benzene rings is 2. The van der Waals surface area contributed by atoms with Crippen molar-refractivity contribution in [3.63, 3.8) is 0 Å². The van der Waals surface area contributed by atoms with E-state index in [0.29, 0.717) is 62.1 Å². The number of hydrogen-bond acceptors (Lipinski definition) is 7. The van der Waals surface area contributed by atoms with Gasteiger partial charge < -0.3 is 24.2 Å². The summed E-state index contributed by atoms with van der Waals surface area (Å²) in [6, 6.07) is 11.9. The van der Waals surface area contributed by atoms with E-state index in [2.05, 4.69) is 4.90 Å². The molecular weight excluding hydrogens is 460 g/mol. The lowest BCUT2D eigenvalue weighted by molar-refractivity contribution is -0.140. The van der Waals surface area contributed by atoms with Gasteiger partial charge in [-0.2, -0.15) is 0 Å². The molecule has 2 aliphatic rings. The van der Waals surface area contributed by atoms with Crippen LogP contribution >= 0.6 is 0 Å². The Labute approximate surface area is 212 Å². The van der Waals surface area contributed by atoms with Gasteiger partial charge in [0.15, 0.2) is 11.5 Å². The van der Waals surface area contributed by atoms with Crippen molar-refractivity contribution in [2.24, 2.45) is 0 Å². The summed E-state index contributed by atoms with van der Waals surface area (Å²) in [4.78, 5) is 30.4. The lowest BCUT2D eigenvalue weighted by Crippen LogP contribution is -2.42. The SMILES string of the molecule is CCOc1ccc([C@@H]2/C(=C(\O)c3ccc(C)cc3)C(=O)C(=O)N2CCN2CCOCC2)cc1OCC. The van der Waals surface area contributed by atoms with Crippen LogP contribution in [0.4, 0.5) is 0 Å². The number of nitrogens with zero attached hydrogens (tertiary/aromatic N) is 2. The summed E-state index contributed by atoms with van der Waals surface area (Å²) in [6.07, 6.45) is 0. The topological polar surface area (TPSA) is 88.5 Å². The van der Waals surface area contributed by atoms with Crippen molar-refractivity contribution in [3.05, 3.63) is 64.7 Å². The van der Waals surface area contributed by atoms with Crippen molar-refractivity contribution in [3.8, 4) is 11.5 Å². The molecule has 0 aliphatic carbocycles. The van der Waals surface area contributed by atoms with Gasteiger partial charge in [0.2, 0.25) is 0 Å². The number of hydrogen-bond donors (Lipinski definition) is 1. The zero-order valence-corrected chi connectivity index (χ0v) is 21.2. The Morgan fingerprint density at radius 2 is 1.64 bits per heavy atom. The van der Waals surface area contributed by atoms with E-state index < -0.39 is 17.7 Å². The van der Waals surface area contributed by atoms with Crippen molar-refractivity contribution in [1.29, 1.82) is 0 Å². The molecule has 2 aromatic carbocycles. The Morgan fingerprint density at radius 3 is 2.31 bits per heavy atom. The number of ether oxygens (including phenoxy) is 3. The number of aliphatic hydroxyl groups is 1. The first-order valence-electron chi connectivity index (χ1n) is 12.5. The van der Waals surface area contributed by atoms with Crippen LogP contribution in [0.15, 0.2) is 48.0 Å². The zero-order chi connectivity index (χ0) is 25.7. The molecule has 192 valence electrons. The van der Waals surface area contributed by atoms with Crippen LogP contribution in [0, 0.1) is 6.92 Å². The van der Waals surface area contributed by atoms with Crippen molar-refractivity contribution >= 4 is 17.4 Å². The molecule has 0 spiro atoms. The molecule has 4 rings (SSSR count). The molecule has 2 heterocycles. The van der Waals surface area contributed by atoms with Crippen molar-refractivity contribution < 1.29 is 28.9 Å². The van der Waals surface area contributed by atoms with E-state index in [0.717, 1.165) is 18.7 Å². The molecule has 0 unspecified atom stereocenters. The molecule has 2 saturated heterocycles. The summed E-state index contributed by atoms with van der Waals surface area (Å²) in [5.41, 5.74) is 2.28. The monoisotopic (exact) mass is 494 g/mol. The fourth-order valence-corrected chi connectivity index (χ4v) is 4.64. The lowest BCUT2D eigenvalue weighted by Gasteiger charge is -2.31. The minimum atomic E-state index is -0.748. The first-order valence-corrected chi connectivity index (χ1v) is 12.5. The number of ketones is 1. The molecule has 0 radical (unpaired) electrons. The van der Waals surface area contributed by atoms with Gasteiger partial charge in [-0.15, -0.1) is 0 Å². The molecule has 2 fully saturated rings. The molecule has 8 nitrogen and oxygen atoms in total. The maximum atomic E-state index is 13.3. The maximum Gasteiger partial charge on any atom is 0.295 e. The van der Waals surface area contributed by atoms with Gasteiger partial charge in [0.05, 0.1) is 38.0 Å². The third-order valence-corrected chi connectivity index (χ3v) is 6.51. The normalized spacial score (nSPS) is 20.1. The summed E-state index contributed by atoms with van der Waals surface area (Å²) in [5, 5.41) is 11.3. The first-order chi connectivity index (χ1) is 17.4. The lowest BCUT2D eigenvalue weighted by atomic mass is 9.94. The average molecular weight is 495 g/mol. The highest BCUT2D eigenvalue weighted by molar-refractivity contribution is 6.46. The fourth-order valence-electron chi connectivity index (χ4n) is 4.64. The Morgan fingerprint density at radius 1 is 0.972 bits per heavy atom. The third-order valence-electron chi connectivity index (χ3n) is 6.51. The number of aryl methyl sites for hydroxylation is 1. The zero-order valence-electron chi connectivity index (χ0n) is 21.2. The predicted octanol–water partition coefficient (Wildman–Crippen LogP) is 3.55. The molecule has 36 heavy (non-hydrogen) atoms. The van der Waals surface area contributed by atoms with E-state index in [9.17, 15) is 14.7 Å². The van der Waals surface area contributed by atoms with Gasteiger partial charge in [-0.05, 0) is 38.5 Å².